The number of piperidine rings is 2. The van der Waals surface area contributed by atoms with E-state index < -0.39 is 47.3 Å². The van der Waals surface area contributed by atoms with E-state index in [-0.39, 0.29) is 60.0 Å². The maximum absolute atomic E-state index is 14.1. The van der Waals surface area contributed by atoms with Crippen LogP contribution in [0, 0.1) is 5.82 Å². The van der Waals surface area contributed by atoms with Crippen LogP contribution in [0.2, 0.25) is 0 Å². The van der Waals surface area contributed by atoms with Gasteiger partial charge >= 0.3 is 0 Å². The van der Waals surface area contributed by atoms with Gasteiger partial charge in [0.1, 0.15) is 17.6 Å². The molecule has 13 nitrogen and oxygen atoms in total. The Morgan fingerprint density at radius 3 is 2.45 bits per heavy atom. The van der Waals surface area contributed by atoms with Gasteiger partial charge in [-0.2, -0.15) is 0 Å². The fraction of sp³-hybridized carbons (Fsp3) is 0.367. The molecule has 0 bridgehead atoms. The number of nitrogens with one attached hydrogen (secondary N) is 3. The van der Waals surface area contributed by atoms with Crippen molar-refractivity contribution in [2.24, 2.45) is 0 Å². The highest BCUT2D eigenvalue weighted by Gasteiger charge is 2.45. The third kappa shape index (κ3) is 6.14. The maximum Gasteiger partial charge on any atom is 0.264 e. The van der Waals surface area contributed by atoms with Crippen molar-refractivity contribution < 1.29 is 42.7 Å². The van der Waals surface area contributed by atoms with E-state index in [1.54, 1.807) is 4.90 Å². The number of hydrogen-bond acceptors (Lipinski definition) is 8. The Labute approximate surface area is 251 Å². The zero-order valence-corrected chi connectivity index (χ0v) is 23.8. The van der Waals surface area contributed by atoms with Crippen molar-refractivity contribution >= 4 is 47.0 Å². The summed E-state index contributed by atoms with van der Waals surface area (Å²) in [5.74, 6) is -4.37. The number of imide groups is 2. The van der Waals surface area contributed by atoms with Gasteiger partial charge in [0.2, 0.25) is 23.6 Å². The third-order valence-electron chi connectivity index (χ3n) is 7.91. The van der Waals surface area contributed by atoms with Crippen molar-refractivity contribution in [3.8, 4) is 5.75 Å². The number of methoxy groups -OCH3 is 1. The molecule has 1 unspecified atom stereocenters. The summed E-state index contributed by atoms with van der Waals surface area (Å²) in [6, 6.07) is 6.85. The molecule has 2 saturated heterocycles. The van der Waals surface area contributed by atoms with E-state index in [0.717, 1.165) is 11.0 Å². The molecule has 14 heteroatoms. The van der Waals surface area contributed by atoms with Gasteiger partial charge in [0, 0.05) is 38.4 Å². The van der Waals surface area contributed by atoms with E-state index in [9.17, 15) is 38.0 Å². The van der Waals surface area contributed by atoms with Crippen LogP contribution in [0.25, 0.3) is 0 Å². The molecule has 3 aliphatic heterocycles. The Balaban J connectivity index is 1.12. The standard InChI is InChI=1S/C30H30FN5O8/c1-44-17-5-6-20(31)19(15-17)27(40)32-16-11-13-35(14-12-16)25(39)10-9-23(37)33-21-4-2-3-18-26(21)30(43)36(29(18)42)22-7-8-24(38)34-28(22)41/h2-6,15-16,22H,7-14H2,1H3,(H,32,40)(H,33,37)(H,34,38,41). The summed E-state index contributed by atoms with van der Waals surface area (Å²) in [6.07, 6.45) is 0.591. The van der Waals surface area contributed by atoms with E-state index in [1.165, 1.54) is 37.4 Å². The van der Waals surface area contributed by atoms with Gasteiger partial charge < -0.3 is 20.3 Å². The Morgan fingerprint density at radius 1 is 1.00 bits per heavy atom. The zero-order chi connectivity index (χ0) is 31.5. The molecular formula is C30H30FN5O8. The SMILES string of the molecule is COc1ccc(F)c(C(=O)NC2CCN(C(=O)CCC(=O)Nc3cccc4c3C(=O)N(C3CCC(=O)NC3=O)C4=O)CC2)c1. The summed E-state index contributed by atoms with van der Waals surface area (Å²) in [5, 5.41) is 7.52. The minimum Gasteiger partial charge on any atom is -0.497 e. The highest BCUT2D eigenvalue weighted by atomic mass is 19.1. The third-order valence-corrected chi connectivity index (χ3v) is 7.91. The number of ether oxygens (including phenoxy) is 1. The molecule has 44 heavy (non-hydrogen) atoms. The molecule has 0 radical (unpaired) electrons. The average molecular weight is 608 g/mol. The minimum absolute atomic E-state index is 0.00433. The lowest BCUT2D eigenvalue weighted by Gasteiger charge is -2.32. The molecule has 230 valence electrons. The zero-order valence-electron chi connectivity index (χ0n) is 23.8. The van der Waals surface area contributed by atoms with Gasteiger partial charge in [-0.05, 0) is 49.6 Å². The molecule has 3 aliphatic rings. The molecule has 1 atom stereocenters. The molecule has 3 N–H and O–H groups in total. The summed E-state index contributed by atoms with van der Waals surface area (Å²) < 4.78 is 19.2. The number of nitrogens with zero attached hydrogens (tertiary/aromatic N) is 2. The predicted molar refractivity (Wildman–Crippen MR) is 151 cm³/mol. The summed E-state index contributed by atoms with van der Waals surface area (Å²) in [6.45, 7) is 0.677. The first-order valence-electron chi connectivity index (χ1n) is 14.1. The van der Waals surface area contributed by atoms with Gasteiger partial charge in [-0.25, -0.2) is 4.39 Å². The maximum atomic E-state index is 14.1. The molecule has 0 aliphatic carbocycles. The molecule has 0 spiro atoms. The molecule has 3 heterocycles. The molecular weight excluding hydrogens is 577 g/mol. The fourth-order valence-corrected chi connectivity index (χ4v) is 5.55. The van der Waals surface area contributed by atoms with Crippen LogP contribution in [-0.2, 0) is 19.2 Å². The Morgan fingerprint density at radius 2 is 1.75 bits per heavy atom. The molecule has 2 fully saturated rings. The molecule has 5 rings (SSSR count). The van der Waals surface area contributed by atoms with Crippen molar-refractivity contribution in [1.82, 2.24) is 20.4 Å². The number of amides is 7. The number of benzene rings is 2. The fourth-order valence-electron chi connectivity index (χ4n) is 5.55. The number of fused-ring (bicyclic) bond motifs is 1. The monoisotopic (exact) mass is 607 g/mol. The van der Waals surface area contributed by atoms with Crippen LogP contribution in [0.1, 0.15) is 69.6 Å². The number of anilines is 1. The number of carbonyl (C=O) groups is 7. The first kappa shape index (κ1) is 30.3. The van der Waals surface area contributed by atoms with Crippen molar-refractivity contribution in [3.05, 3.63) is 58.9 Å². The Bertz CT molecular complexity index is 1570. The van der Waals surface area contributed by atoms with Crippen LogP contribution in [0.4, 0.5) is 10.1 Å². The highest BCUT2D eigenvalue weighted by Crippen LogP contribution is 2.32. The quantitative estimate of drug-likeness (QED) is 0.378. The van der Waals surface area contributed by atoms with Crippen molar-refractivity contribution in [1.29, 1.82) is 0 Å². The van der Waals surface area contributed by atoms with Gasteiger partial charge in [0.25, 0.3) is 17.7 Å². The van der Waals surface area contributed by atoms with Crippen LogP contribution >= 0.6 is 0 Å². The summed E-state index contributed by atoms with van der Waals surface area (Å²) in [4.78, 5) is 90.5. The van der Waals surface area contributed by atoms with E-state index in [1.807, 2.05) is 0 Å². The highest BCUT2D eigenvalue weighted by molar-refractivity contribution is 6.26. The van der Waals surface area contributed by atoms with Gasteiger partial charge in [-0.3, -0.25) is 43.8 Å². The van der Waals surface area contributed by atoms with Gasteiger partial charge in [0.15, 0.2) is 0 Å². The van der Waals surface area contributed by atoms with Gasteiger partial charge in [-0.1, -0.05) is 6.07 Å². The van der Waals surface area contributed by atoms with E-state index in [2.05, 4.69) is 16.0 Å². The smallest absolute Gasteiger partial charge is 0.264 e. The summed E-state index contributed by atoms with van der Waals surface area (Å²) in [7, 11) is 1.42. The van der Waals surface area contributed by atoms with Crippen LogP contribution in [-0.4, -0.2) is 83.4 Å². The van der Waals surface area contributed by atoms with Crippen LogP contribution < -0.4 is 20.7 Å². The minimum atomic E-state index is -1.14. The lowest BCUT2D eigenvalue weighted by molar-refractivity contribution is -0.136. The van der Waals surface area contributed by atoms with Crippen molar-refractivity contribution in [3.63, 3.8) is 0 Å². The average Bonchev–Trinajstić information content (AvgIpc) is 3.26. The molecule has 0 aromatic heterocycles. The second-order valence-electron chi connectivity index (χ2n) is 10.7. The molecule has 7 amide bonds. The number of carbonyl (C=O) groups excluding carboxylic acids is 7. The second-order valence-corrected chi connectivity index (χ2v) is 10.7. The van der Waals surface area contributed by atoms with E-state index in [0.29, 0.717) is 31.7 Å². The lowest BCUT2D eigenvalue weighted by Crippen LogP contribution is -2.54. The normalized spacial score (nSPS) is 18.5. The summed E-state index contributed by atoms with van der Waals surface area (Å²) in [5.41, 5.74) is -0.0812. The Kier molecular flexibility index (Phi) is 8.69. The predicted octanol–water partition coefficient (Wildman–Crippen LogP) is 1.38. The molecule has 2 aromatic carbocycles. The lowest BCUT2D eigenvalue weighted by atomic mass is 10.0. The van der Waals surface area contributed by atoms with Crippen LogP contribution in [0.15, 0.2) is 36.4 Å². The second kappa shape index (κ2) is 12.6. The summed E-state index contributed by atoms with van der Waals surface area (Å²) >= 11 is 0. The number of hydrogen-bond donors (Lipinski definition) is 3. The Hall–Kier alpha value is -5.14. The van der Waals surface area contributed by atoms with E-state index >= 15 is 0 Å². The first-order chi connectivity index (χ1) is 21.1. The van der Waals surface area contributed by atoms with Crippen molar-refractivity contribution in [2.45, 2.75) is 50.6 Å². The van der Waals surface area contributed by atoms with Crippen LogP contribution in [0.5, 0.6) is 5.75 Å². The van der Waals surface area contributed by atoms with Gasteiger partial charge in [0.05, 0.1) is 29.5 Å². The molecule has 0 saturated carbocycles. The largest absolute Gasteiger partial charge is 0.497 e. The molecule has 2 aromatic rings. The number of halogens is 1. The van der Waals surface area contributed by atoms with Crippen LogP contribution in [0.3, 0.4) is 0 Å². The topological polar surface area (TPSA) is 171 Å². The van der Waals surface area contributed by atoms with Crippen molar-refractivity contribution in [2.75, 3.05) is 25.5 Å². The number of rotatable bonds is 8. The van der Waals surface area contributed by atoms with E-state index in [4.69, 9.17) is 4.74 Å². The van der Waals surface area contributed by atoms with Gasteiger partial charge in [-0.15, -0.1) is 0 Å². The first-order valence-corrected chi connectivity index (χ1v) is 14.1. The number of likely N-dealkylation sites (tertiary alicyclic amines) is 1.